The minimum Gasteiger partial charge on any atom is -0.456 e. The first-order valence-electron chi connectivity index (χ1n) is 16.4. The Labute approximate surface area is 265 Å². The van der Waals surface area contributed by atoms with E-state index in [-0.39, 0.29) is 41.9 Å². The first kappa shape index (κ1) is 31.7. The summed E-state index contributed by atoms with van der Waals surface area (Å²) in [4.78, 5) is 16.0. The lowest BCUT2D eigenvalue weighted by molar-refractivity contribution is -0.303. The second-order valence-electron chi connectivity index (χ2n) is 14.4. The van der Waals surface area contributed by atoms with E-state index in [4.69, 9.17) is 28.4 Å². The number of piperidine rings is 1. The van der Waals surface area contributed by atoms with Gasteiger partial charge in [0.15, 0.2) is 0 Å². The standard InChI is InChI=1S/C35H49NO9/c1-7-36-18-32(19-40-2)22(37)15-23(41-3)35-21-16-33(39)24(42-4)17-34(44-6,27(30(35)36)28(43-5)29(32)35)26(21)31(33)45-25(38)14-13-20-11-9-8-10-12-20/h8-14,21-24,26-31,37,39H,7,15-19H2,1-6H3/b14-13+/t21-,22?,23+,24+,26-,27+,28+,29?,30-,31-,32+,33+,34-,35+/m1/s1. The van der Waals surface area contributed by atoms with E-state index in [1.54, 1.807) is 41.6 Å². The number of benzene rings is 1. The molecule has 5 saturated carbocycles. The summed E-state index contributed by atoms with van der Waals surface area (Å²) >= 11 is 0. The first-order valence-corrected chi connectivity index (χ1v) is 16.4. The van der Waals surface area contributed by atoms with Gasteiger partial charge >= 0.3 is 5.97 Å². The molecule has 7 bridgehead atoms. The van der Waals surface area contributed by atoms with Gasteiger partial charge < -0.3 is 38.6 Å². The average molecular weight is 628 g/mol. The molecule has 2 unspecified atom stereocenters. The highest BCUT2D eigenvalue weighted by Crippen LogP contribution is 2.80. The largest absolute Gasteiger partial charge is 0.456 e. The fourth-order valence-corrected chi connectivity index (χ4v) is 12.3. The first-order chi connectivity index (χ1) is 21.7. The number of fused-ring (bicyclic) bond motifs is 2. The van der Waals surface area contributed by atoms with Crippen molar-refractivity contribution < 1.29 is 43.4 Å². The van der Waals surface area contributed by atoms with Gasteiger partial charge in [-0.1, -0.05) is 37.3 Å². The highest BCUT2D eigenvalue weighted by Gasteiger charge is 2.90. The van der Waals surface area contributed by atoms with Gasteiger partial charge in [-0.2, -0.15) is 0 Å². The third-order valence-electron chi connectivity index (χ3n) is 13.4. The highest BCUT2D eigenvalue weighted by molar-refractivity contribution is 5.87. The van der Waals surface area contributed by atoms with Crippen molar-refractivity contribution in [3.63, 3.8) is 0 Å². The third-order valence-corrected chi connectivity index (χ3v) is 13.4. The van der Waals surface area contributed by atoms with E-state index in [2.05, 4.69) is 11.8 Å². The Morgan fingerprint density at radius 1 is 1.02 bits per heavy atom. The molecule has 0 aromatic heterocycles. The van der Waals surface area contributed by atoms with Crippen LogP contribution in [0.2, 0.25) is 0 Å². The fourth-order valence-electron chi connectivity index (χ4n) is 12.3. The molecule has 7 rings (SSSR count). The number of hydrogen-bond acceptors (Lipinski definition) is 10. The summed E-state index contributed by atoms with van der Waals surface area (Å²) in [6.45, 7) is 3.96. The van der Waals surface area contributed by atoms with E-state index in [1.807, 2.05) is 30.3 Å². The molecule has 1 aromatic rings. The Balaban J connectivity index is 1.42. The van der Waals surface area contributed by atoms with Gasteiger partial charge in [-0.05, 0) is 30.5 Å². The van der Waals surface area contributed by atoms with Crippen LogP contribution in [0.25, 0.3) is 6.08 Å². The van der Waals surface area contributed by atoms with Crippen molar-refractivity contribution in [3.8, 4) is 0 Å². The smallest absolute Gasteiger partial charge is 0.331 e. The van der Waals surface area contributed by atoms with E-state index in [0.717, 1.165) is 12.1 Å². The second-order valence-corrected chi connectivity index (χ2v) is 14.4. The summed E-state index contributed by atoms with van der Waals surface area (Å²) in [5.41, 5.74) is -2.55. The summed E-state index contributed by atoms with van der Waals surface area (Å²) < 4.78 is 38.1. The zero-order valence-corrected chi connectivity index (χ0v) is 27.3. The molecule has 1 saturated heterocycles. The number of carbonyl (C=O) groups is 1. The van der Waals surface area contributed by atoms with Gasteiger partial charge in [0.05, 0.1) is 36.6 Å². The van der Waals surface area contributed by atoms with Gasteiger partial charge in [0.2, 0.25) is 0 Å². The number of carbonyl (C=O) groups excluding carboxylic acids is 1. The van der Waals surface area contributed by atoms with Gasteiger partial charge in [-0.3, -0.25) is 4.90 Å². The number of aliphatic hydroxyl groups excluding tert-OH is 1. The number of nitrogens with zero attached hydrogens (tertiary/aromatic N) is 1. The van der Waals surface area contributed by atoms with E-state index >= 15 is 0 Å². The Hall–Kier alpha value is -1.89. The van der Waals surface area contributed by atoms with Gasteiger partial charge in [-0.25, -0.2) is 4.79 Å². The van der Waals surface area contributed by atoms with E-state index in [0.29, 0.717) is 32.4 Å². The molecule has 10 heteroatoms. The molecule has 2 N–H and O–H groups in total. The molecule has 1 heterocycles. The number of ether oxygens (including phenoxy) is 6. The maximum Gasteiger partial charge on any atom is 0.331 e. The summed E-state index contributed by atoms with van der Waals surface area (Å²) in [7, 11) is 8.54. The lowest BCUT2D eigenvalue weighted by Gasteiger charge is -2.70. The highest BCUT2D eigenvalue weighted by atomic mass is 16.6. The quantitative estimate of drug-likeness (QED) is 0.295. The SMILES string of the molecule is CCN1C[C@]2(COC)C(O)C[C@H](OC)[C@@]34C2[C@@H](OC)[C@@H]([C@@H]13)[C@@]1(OC)C[C@H](OC)[C@@]2(O)C[C@@H]4[C@@H]1[C@H]2OC(=O)/C=C/c1ccccc1. The molecule has 1 spiro atoms. The molecule has 5 aliphatic carbocycles. The lowest BCUT2D eigenvalue weighted by Crippen LogP contribution is -2.79. The Morgan fingerprint density at radius 3 is 2.38 bits per heavy atom. The zero-order valence-electron chi connectivity index (χ0n) is 27.3. The third kappa shape index (κ3) is 3.82. The molecule has 14 atom stereocenters. The average Bonchev–Trinajstić information content (AvgIpc) is 3.41. The van der Waals surface area contributed by atoms with Crippen LogP contribution >= 0.6 is 0 Å². The minimum absolute atomic E-state index is 0.00614. The van der Waals surface area contributed by atoms with E-state index in [1.165, 1.54) is 6.08 Å². The lowest BCUT2D eigenvalue weighted by atomic mass is 9.42. The molecule has 6 aliphatic rings. The summed E-state index contributed by atoms with van der Waals surface area (Å²) in [6, 6.07) is 9.58. The molecule has 45 heavy (non-hydrogen) atoms. The van der Waals surface area contributed by atoms with E-state index in [9.17, 15) is 15.0 Å². The summed E-state index contributed by atoms with van der Waals surface area (Å²) in [5, 5.41) is 24.7. The van der Waals surface area contributed by atoms with Crippen LogP contribution in [-0.4, -0.2) is 124 Å². The Morgan fingerprint density at radius 2 is 1.76 bits per heavy atom. The van der Waals surface area contributed by atoms with Crippen molar-refractivity contribution in [1.29, 1.82) is 0 Å². The van der Waals surface area contributed by atoms with Crippen LogP contribution in [0.15, 0.2) is 36.4 Å². The van der Waals surface area contributed by atoms with Crippen LogP contribution in [0, 0.1) is 34.5 Å². The molecule has 0 radical (unpaired) electrons. The van der Waals surface area contributed by atoms with Gasteiger partial charge in [0.25, 0.3) is 0 Å². The van der Waals surface area contributed by atoms with Gasteiger partial charge in [0, 0.05) is 95.6 Å². The Bertz CT molecular complexity index is 1310. The monoisotopic (exact) mass is 627 g/mol. The summed E-state index contributed by atoms with van der Waals surface area (Å²) in [5.74, 6) is -1.34. The van der Waals surface area contributed by atoms with E-state index < -0.39 is 46.3 Å². The predicted octanol–water partition coefficient (Wildman–Crippen LogP) is 2.16. The van der Waals surface area contributed by atoms with Crippen LogP contribution in [0.1, 0.15) is 31.7 Å². The normalized spacial score (nSPS) is 49.4. The summed E-state index contributed by atoms with van der Waals surface area (Å²) in [6.07, 6.45) is 1.62. The molecular formula is C35H49NO9. The maximum atomic E-state index is 13.5. The number of esters is 1. The molecule has 10 nitrogen and oxygen atoms in total. The zero-order chi connectivity index (χ0) is 31.9. The number of rotatable bonds is 10. The molecule has 6 fully saturated rings. The molecule has 248 valence electrons. The molecular weight excluding hydrogens is 578 g/mol. The van der Waals surface area contributed by atoms with Crippen molar-refractivity contribution in [2.24, 2.45) is 34.5 Å². The number of likely N-dealkylation sites (tertiary alicyclic amines) is 1. The van der Waals surface area contributed by atoms with Crippen LogP contribution in [0.3, 0.4) is 0 Å². The fraction of sp³-hybridized carbons (Fsp3) is 0.743. The van der Waals surface area contributed by atoms with Crippen LogP contribution < -0.4 is 0 Å². The van der Waals surface area contributed by atoms with Crippen molar-refractivity contribution >= 4 is 12.0 Å². The minimum atomic E-state index is -1.44. The Kier molecular flexibility index (Phi) is 7.81. The van der Waals surface area contributed by atoms with Crippen molar-refractivity contribution in [3.05, 3.63) is 42.0 Å². The predicted molar refractivity (Wildman–Crippen MR) is 164 cm³/mol. The number of hydrogen-bond donors (Lipinski definition) is 2. The van der Waals surface area contributed by atoms with Gasteiger partial charge in [-0.15, -0.1) is 0 Å². The van der Waals surface area contributed by atoms with Gasteiger partial charge in [0.1, 0.15) is 11.7 Å². The van der Waals surface area contributed by atoms with Crippen molar-refractivity contribution in [2.45, 2.75) is 73.9 Å². The molecule has 0 amide bonds. The van der Waals surface area contributed by atoms with Crippen LogP contribution in [0.5, 0.6) is 0 Å². The molecule has 1 aromatic carbocycles. The second kappa shape index (κ2) is 11.1. The topological polar surface area (TPSA) is 116 Å². The van der Waals surface area contributed by atoms with Crippen LogP contribution in [0.4, 0.5) is 0 Å². The van der Waals surface area contributed by atoms with Crippen molar-refractivity contribution in [1.82, 2.24) is 4.90 Å². The van der Waals surface area contributed by atoms with Crippen LogP contribution in [-0.2, 0) is 33.2 Å². The maximum absolute atomic E-state index is 13.5. The number of methoxy groups -OCH3 is 5. The van der Waals surface area contributed by atoms with Crippen molar-refractivity contribution in [2.75, 3.05) is 55.2 Å². The number of aliphatic hydroxyl groups is 2. The molecule has 1 aliphatic heterocycles.